The number of para-hydroxylation sites is 2. The Labute approximate surface area is 173 Å². The quantitative estimate of drug-likeness (QED) is 0.506. The average molecular weight is 397 g/mol. The van der Waals surface area contributed by atoms with Crippen LogP contribution in [-0.2, 0) is 13.0 Å². The first-order chi connectivity index (χ1) is 14.7. The molecule has 1 amide bonds. The topological polar surface area (TPSA) is 59.8 Å². The van der Waals surface area contributed by atoms with E-state index in [4.69, 9.17) is 9.15 Å². The number of benzene rings is 3. The lowest BCUT2D eigenvalue weighted by molar-refractivity contribution is 0.0985. The molecule has 0 aliphatic carbocycles. The van der Waals surface area contributed by atoms with E-state index in [-0.39, 0.29) is 17.9 Å². The van der Waals surface area contributed by atoms with Crippen molar-refractivity contribution in [1.29, 1.82) is 0 Å². The fraction of sp³-hybridized carbons (Fsp3) is 0.120. The van der Waals surface area contributed by atoms with E-state index in [1.54, 1.807) is 29.2 Å². The maximum Gasteiger partial charge on any atom is 0.258 e. The molecule has 3 aromatic carbocycles. The highest BCUT2D eigenvalue weighted by Crippen LogP contribution is 2.28. The first-order valence-corrected chi connectivity index (χ1v) is 9.83. The van der Waals surface area contributed by atoms with Gasteiger partial charge in [0.15, 0.2) is 5.43 Å². The number of anilines is 1. The Balaban J connectivity index is 1.56. The van der Waals surface area contributed by atoms with Gasteiger partial charge in [0.1, 0.15) is 11.3 Å². The Morgan fingerprint density at radius 1 is 0.967 bits per heavy atom. The van der Waals surface area contributed by atoms with Gasteiger partial charge < -0.3 is 14.1 Å². The van der Waals surface area contributed by atoms with Gasteiger partial charge in [-0.3, -0.25) is 9.59 Å². The summed E-state index contributed by atoms with van der Waals surface area (Å²) < 4.78 is 11.2. The molecule has 0 saturated carbocycles. The second kappa shape index (κ2) is 7.52. The van der Waals surface area contributed by atoms with Crippen molar-refractivity contribution in [1.82, 2.24) is 0 Å². The van der Waals surface area contributed by atoms with Gasteiger partial charge in [-0.2, -0.15) is 0 Å². The Bertz CT molecular complexity index is 1290. The zero-order chi connectivity index (χ0) is 20.5. The standard InChI is InChI=1S/C25H19NO4/c27-24-19(16-30-23-9-5-4-8-21(23)24)15-26(20-6-2-1-3-7-20)25(28)18-10-11-22-17(14-18)12-13-29-22/h1-11,14,16H,12-13,15H2. The number of ether oxygens (including phenoxy) is 1. The number of rotatable bonds is 4. The van der Waals surface area contributed by atoms with Crippen LogP contribution in [0.5, 0.6) is 5.75 Å². The predicted octanol–water partition coefficient (Wildman–Crippen LogP) is 4.57. The molecule has 1 aliphatic heterocycles. The van der Waals surface area contributed by atoms with Crippen molar-refractivity contribution in [2.75, 3.05) is 11.5 Å². The van der Waals surface area contributed by atoms with Crippen LogP contribution < -0.4 is 15.1 Å². The van der Waals surface area contributed by atoms with E-state index in [0.29, 0.717) is 34.4 Å². The van der Waals surface area contributed by atoms with Gasteiger partial charge in [-0.05, 0) is 48.0 Å². The molecule has 0 unspecified atom stereocenters. The molecule has 5 heteroatoms. The number of fused-ring (bicyclic) bond motifs is 2. The predicted molar refractivity (Wildman–Crippen MR) is 115 cm³/mol. The number of hydrogen-bond acceptors (Lipinski definition) is 4. The zero-order valence-corrected chi connectivity index (χ0v) is 16.2. The fourth-order valence-corrected chi connectivity index (χ4v) is 3.76. The molecular weight excluding hydrogens is 378 g/mol. The summed E-state index contributed by atoms with van der Waals surface area (Å²) in [6, 6.07) is 21.9. The minimum atomic E-state index is -0.177. The van der Waals surface area contributed by atoms with Gasteiger partial charge in [0.2, 0.25) is 0 Å². The smallest absolute Gasteiger partial charge is 0.258 e. The van der Waals surface area contributed by atoms with Gasteiger partial charge >= 0.3 is 0 Å². The molecule has 4 aromatic rings. The Morgan fingerprint density at radius 3 is 2.63 bits per heavy atom. The summed E-state index contributed by atoms with van der Waals surface area (Å²) in [6.45, 7) is 0.747. The summed E-state index contributed by atoms with van der Waals surface area (Å²) in [7, 11) is 0. The largest absolute Gasteiger partial charge is 0.493 e. The molecule has 2 heterocycles. The molecule has 0 bridgehead atoms. The molecular formula is C25H19NO4. The van der Waals surface area contributed by atoms with Gasteiger partial charge in [-0.1, -0.05) is 30.3 Å². The molecule has 5 nitrogen and oxygen atoms in total. The monoisotopic (exact) mass is 397 g/mol. The molecule has 5 rings (SSSR count). The van der Waals surface area contributed by atoms with E-state index in [0.717, 1.165) is 17.7 Å². The fourth-order valence-electron chi connectivity index (χ4n) is 3.76. The third kappa shape index (κ3) is 3.24. The molecule has 0 radical (unpaired) electrons. The van der Waals surface area contributed by atoms with Crippen molar-refractivity contribution in [3.8, 4) is 5.75 Å². The first kappa shape index (κ1) is 18.2. The highest BCUT2D eigenvalue weighted by Gasteiger charge is 2.22. The molecule has 0 N–H and O–H groups in total. The molecule has 1 aliphatic rings. The minimum Gasteiger partial charge on any atom is -0.493 e. The van der Waals surface area contributed by atoms with Gasteiger partial charge in [0.05, 0.1) is 30.4 Å². The maximum atomic E-state index is 13.5. The number of hydrogen-bond donors (Lipinski definition) is 0. The van der Waals surface area contributed by atoms with Crippen LogP contribution in [0.4, 0.5) is 5.69 Å². The first-order valence-electron chi connectivity index (χ1n) is 9.83. The molecule has 0 atom stereocenters. The van der Waals surface area contributed by atoms with Crippen LogP contribution in [0.25, 0.3) is 11.0 Å². The molecule has 0 spiro atoms. The Kier molecular flexibility index (Phi) is 4.56. The van der Waals surface area contributed by atoms with Crippen molar-refractivity contribution >= 4 is 22.6 Å². The average Bonchev–Trinajstić information content (AvgIpc) is 3.27. The van der Waals surface area contributed by atoms with Crippen LogP contribution in [0, 0.1) is 0 Å². The van der Waals surface area contributed by atoms with E-state index in [2.05, 4.69) is 0 Å². The van der Waals surface area contributed by atoms with Crippen molar-refractivity contribution in [3.63, 3.8) is 0 Å². The van der Waals surface area contributed by atoms with Crippen molar-refractivity contribution < 1.29 is 13.9 Å². The molecule has 0 saturated heterocycles. The maximum absolute atomic E-state index is 13.5. The van der Waals surface area contributed by atoms with Gasteiger partial charge in [-0.15, -0.1) is 0 Å². The lowest BCUT2D eigenvalue weighted by atomic mass is 10.1. The second-order valence-corrected chi connectivity index (χ2v) is 7.23. The van der Waals surface area contributed by atoms with Crippen LogP contribution in [0.15, 0.2) is 88.3 Å². The van der Waals surface area contributed by atoms with Gasteiger partial charge in [0.25, 0.3) is 5.91 Å². The lowest BCUT2D eigenvalue weighted by Crippen LogP contribution is -2.32. The molecule has 1 aromatic heterocycles. The number of nitrogens with zero attached hydrogens (tertiary/aromatic N) is 1. The van der Waals surface area contributed by atoms with Crippen molar-refractivity contribution in [2.24, 2.45) is 0 Å². The van der Waals surface area contributed by atoms with Crippen LogP contribution in [0.2, 0.25) is 0 Å². The third-order valence-corrected chi connectivity index (χ3v) is 5.33. The van der Waals surface area contributed by atoms with E-state index in [9.17, 15) is 9.59 Å². The van der Waals surface area contributed by atoms with Crippen LogP contribution in [-0.4, -0.2) is 12.5 Å². The SMILES string of the molecule is O=C(c1ccc2c(c1)CCO2)N(Cc1coc2ccccc2c1=O)c1ccccc1. The highest BCUT2D eigenvalue weighted by molar-refractivity contribution is 6.06. The summed E-state index contributed by atoms with van der Waals surface area (Å²) in [5.74, 6) is 0.649. The minimum absolute atomic E-state index is 0.115. The number of carbonyl (C=O) groups is 1. The second-order valence-electron chi connectivity index (χ2n) is 7.23. The van der Waals surface area contributed by atoms with Crippen molar-refractivity contribution in [2.45, 2.75) is 13.0 Å². The summed E-state index contributed by atoms with van der Waals surface area (Å²) in [4.78, 5) is 28.1. The van der Waals surface area contributed by atoms with Gasteiger partial charge in [-0.25, -0.2) is 0 Å². The number of carbonyl (C=O) groups excluding carboxylic acids is 1. The Hall–Kier alpha value is -3.86. The normalized spacial score (nSPS) is 12.4. The lowest BCUT2D eigenvalue weighted by Gasteiger charge is -2.23. The molecule has 148 valence electrons. The van der Waals surface area contributed by atoms with E-state index in [1.807, 2.05) is 48.5 Å². The molecule has 30 heavy (non-hydrogen) atoms. The van der Waals surface area contributed by atoms with E-state index in [1.165, 1.54) is 6.26 Å². The van der Waals surface area contributed by atoms with E-state index < -0.39 is 0 Å². The summed E-state index contributed by atoms with van der Waals surface area (Å²) in [5, 5.41) is 0.505. The van der Waals surface area contributed by atoms with Crippen LogP contribution in [0.1, 0.15) is 21.5 Å². The summed E-state index contributed by atoms with van der Waals surface area (Å²) >= 11 is 0. The van der Waals surface area contributed by atoms with Crippen molar-refractivity contribution in [3.05, 3.63) is 106 Å². The Morgan fingerprint density at radius 2 is 1.77 bits per heavy atom. The zero-order valence-electron chi connectivity index (χ0n) is 16.2. The van der Waals surface area contributed by atoms with E-state index >= 15 is 0 Å². The summed E-state index contributed by atoms with van der Waals surface area (Å²) in [6.07, 6.45) is 2.24. The number of amides is 1. The van der Waals surface area contributed by atoms with Gasteiger partial charge in [0, 0.05) is 17.7 Å². The highest BCUT2D eigenvalue weighted by atomic mass is 16.5. The molecule has 0 fully saturated rings. The van der Waals surface area contributed by atoms with Crippen LogP contribution in [0.3, 0.4) is 0 Å². The van der Waals surface area contributed by atoms with Crippen LogP contribution >= 0.6 is 0 Å². The third-order valence-electron chi connectivity index (χ3n) is 5.33. The summed E-state index contributed by atoms with van der Waals surface area (Å²) in [5.41, 5.74) is 3.13.